The first kappa shape index (κ1) is 30.3. The number of nitrogens with zero attached hydrogens (tertiary/aromatic N) is 1. The highest BCUT2D eigenvalue weighted by atomic mass is 32.2. The van der Waals surface area contributed by atoms with E-state index < -0.39 is 15.8 Å². The fourth-order valence-electron chi connectivity index (χ4n) is 4.03. The summed E-state index contributed by atoms with van der Waals surface area (Å²) in [5.74, 6) is -0.421. The zero-order valence-corrected chi connectivity index (χ0v) is 23.9. The van der Waals surface area contributed by atoms with Crippen LogP contribution in [0.2, 0.25) is 0 Å². The van der Waals surface area contributed by atoms with Crippen LogP contribution in [0.3, 0.4) is 0 Å². The third kappa shape index (κ3) is 9.49. The number of amides is 1. The zero-order valence-electron chi connectivity index (χ0n) is 23.1. The van der Waals surface area contributed by atoms with Crippen molar-refractivity contribution in [3.63, 3.8) is 0 Å². The van der Waals surface area contributed by atoms with E-state index in [9.17, 15) is 17.6 Å². The minimum atomic E-state index is -3.67. The molecule has 0 radical (unpaired) electrons. The number of anilines is 1. The lowest BCUT2D eigenvalue weighted by Gasteiger charge is -2.26. The van der Waals surface area contributed by atoms with Crippen molar-refractivity contribution in [1.29, 1.82) is 0 Å². The summed E-state index contributed by atoms with van der Waals surface area (Å²) < 4.78 is 51.4. The van der Waals surface area contributed by atoms with Crippen molar-refractivity contribution in [3.05, 3.63) is 71.1 Å². The molecule has 0 aliphatic carbocycles. The minimum Gasteiger partial charge on any atom is -0.492 e. The van der Waals surface area contributed by atoms with E-state index >= 15 is 0 Å². The normalized spacial score (nSPS) is 14.8. The molecule has 2 aromatic rings. The molecule has 0 unspecified atom stereocenters. The van der Waals surface area contributed by atoms with Gasteiger partial charge in [-0.1, -0.05) is 45.6 Å². The van der Waals surface area contributed by atoms with Crippen molar-refractivity contribution >= 4 is 33.8 Å². The van der Waals surface area contributed by atoms with E-state index in [0.717, 1.165) is 50.2 Å². The molecule has 1 fully saturated rings. The van der Waals surface area contributed by atoms with Gasteiger partial charge in [0.05, 0.1) is 25.2 Å². The van der Waals surface area contributed by atoms with Gasteiger partial charge in [0.1, 0.15) is 18.2 Å². The highest BCUT2D eigenvalue weighted by Crippen LogP contribution is 2.30. The van der Waals surface area contributed by atoms with E-state index in [1.54, 1.807) is 12.1 Å². The van der Waals surface area contributed by atoms with Crippen LogP contribution in [0.5, 0.6) is 5.75 Å². The minimum absolute atomic E-state index is 0.0476. The second kappa shape index (κ2) is 13.2. The summed E-state index contributed by atoms with van der Waals surface area (Å²) in [4.78, 5) is 14.9. The monoisotopic (exact) mass is 559 g/mol. The van der Waals surface area contributed by atoms with E-state index in [2.05, 4.69) is 42.3 Å². The van der Waals surface area contributed by atoms with Crippen LogP contribution in [-0.2, 0) is 31.5 Å². The number of carbonyl (C=O) groups excluding carboxylic acids is 1. The average Bonchev–Trinajstić information content (AvgIpc) is 2.87. The summed E-state index contributed by atoms with van der Waals surface area (Å²) in [6.45, 7) is 14.6. The van der Waals surface area contributed by atoms with Gasteiger partial charge in [-0.25, -0.2) is 12.8 Å². The summed E-state index contributed by atoms with van der Waals surface area (Å²) in [5, 5.41) is 2.73. The van der Waals surface area contributed by atoms with Crippen molar-refractivity contribution in [2.45, 2.75) is 32.7 Å². The number of ether oxygens (including phenoxy) is 2. The molecule has 10 heteroatoms. The van der Waals surface area contributed by atoms with Crippen LogP contribution >= 0.6 is 0 Å². The Morgan fingerprint density at radius 3 is 2.54 bits per heavy atom. The highest BCUT2D eigenvalue weighted by Gasteiger charge is 2.17. The van der Waals surface area contributed by atoms with E-state index in [0.29, 0.717) is 17.9 Å². The SMILES string of the molecule is C=Cc1cc(CNC(=O)/C=C/c2ccc(C(C)(C)C)cc2OCCN2CCOCC2)cc(F)c1NS(C)(=O)=O. The molecule has 2 aromatic carbocycles. The third-order valence-corrected chi connectivity index (χ3v) is 6.79. The summed E-state index contributed by atoms with van der Waals surface area (Å²) in [6.07, 6.45) is 5.40. The molecule has 0 atom stereocenters. The van der Waals surface area contributed by atoms with Gasteiger partial charge in [-0.2, -0.15) is 0 Å². The first-order valence-electron chi connectivity index (χ1n) is 12.8. The molecule has 8 nitrogen and oxygen atoms in total. The first-order chi connectivity index (χ1) is 18.4. The molecule has 1 aliphatic heterocycles. The number of rotatable bonds is 11. The van der Waals surface area contributed by atoms with Gasteiger partial charge in [0, 0.05) is 43.4 Å². The fraction of sp³-hybridized carbons (Fsp3) is 0.414. The van der Waals surface area contributed by atoms with Crippen LogP contribution in [0.15, 0.2) is 43.0 Å². The molecule has 1 heterocycles. The maximum atomic E-state index is 14.6. The van der Waals surface area contributed by atoms with Gasteiger partial charge in [0.15, 0.2) is 0 Å². The predicted octanol–water partition coefficient (Wildman–Crippen LogP) is 4.18. The number of hydrogen-bond acceptors (Lipinski definition) is 6. The fourth-order valence-corrected chi connectivity index (χ4v) is 4.62. The Labute approximate surface area is 230 Å². The number of morpholine rings is 1. The van der Waals surface area contributed by atoms with Crippen LogP contribution in [0.4, 0.5) is 10.1 Å². The summed E-state index contributed by atoms with van der Waals surface area (Å²) in [5.41, 5.74) is 2.40. The second-order valence-electron chi connectivity index (χ2n) is 10.5. The Balaban J connectivity index is 1.68. The Kier molecular flexibility index (Phi) is 10.3. The molecule has 0 aromatic heterocycles. The van der Waals surface area contributed by atoms with Crippen molar-refractivity contribution in [2.24, 2.45) is 0 Å². The van der Waals surface area contributed by atoms with Gasteiger partial charge < -0.3 is 14.8 Å². The predicted molar refractivity (Wildman–Crippen MR) is 154 cm³/mol. The smallest absolute Gasteiger partial charge is 0.244 e. The first-order valence-corrected chi connectivity index (χ1v) is 14.7. The van der Waals surface area contributed by atoms with E-state index in [1.165, 1.54) is 18.2 Å². The summed E-state index contributed by atoms with van der Waals surface area (Å²) >= 11 is 0. The molecule has 212 valence electrons. The van der Waals surface area contributed by atoms with E-state index in [1.807, 2.05) is 18.2 Å². The lowest BCUT2D eigenvalue weighted by Crippen LogP contribution is -2.38. The largest absolute Gasteiger partial charge is 0.492 e. The van der Waals surface area contributed by atoms with Gasteiger partial charge in [-0.15, -0.1) is 0 Å². The molecule has 1 amide bonds. The van der Waals surface area contributed by atoms with Crippen LogP contribution in [-0.4, -0.2) is 64.9 Å². The van der Waals surface area contributed by atoms with Crippen LogP contribution < -0.4 is 14.8 Å². The quantitative estimate of drug-likeness (QED) is 0.401. The molecular weight excluding hydrogens is 521 g/mol. The van der Waals surface area contributed by atoms with Gasteiger partial charge in [0.25, 0.3) is 0 Å². The van der Waals surface area contributed by atoms with Crippen molar-refractivity contribution in [2.75, 3.05) is 50.4 Å². The Morgan fingerprint density at radius 1 is 1.18 bits per heavy atom. The third-order valence-electron chi connectivity index (χ3n) is 6.22. The molecule has 1 saturated heterocycles. The van der Waals surface area contributed by atoms with Crippen LogP contribution in [0.25, 0.3) is 12.2 Å². The molecular formula is C29H38FN3O5S. The molecule has 0 spiro atoms. The van der Waals surface area contributed by atoms with E-state index in [-0.39, 0.29) is 29.1 Å². The Bertz CT molecular complexity index is 1310. The number of sulfonamides is 1. The maximum absolute atomic E-state index is 14.6. The number of hydrogen-bond donors (Lipinski definition) is 2. The molecule has 0 saturated carbocycles. The molecule has 0 bridgehead atoms. The van der Waals surface area contributed by atoms with Crippen LogP contribution in [0, 0.1) is 5.82 Å². The summed E-state index contributed by atoms with van der Waals surface area (Å²) in [7, 11) is -3.67. The molecule has 39 heavy (non-hydrogen) atoms. The summed E-state index contributed by atoms with van der Waals surface area (Å²) in [6, 6.07) is 8.73. The number of halogens is 1. The molecule has 1 aliphatic rings. The molecule has 3 rings (SSSR count). The topological polar surface area (TPSA) is 97.0 Å². The van der Waals surface area contributed by atoms with Crippen molar-refractivity contribution in [3.8, 4) is 5.75 Å². The standard InChI is InChI=1S/C29H38FN3O5S/c1-6-22-17-21(18-25(30)28(22)32-39(5,35)36)20-31-27(34)10-8-23-7-9-24(29(2,3)4)19-26(23)38-16-13-33-11-14-37-15-12-33/h6-10,17-19,32H,1,11-16,20H2,2-5H3,(H,31,34)/b10-8+. The Hall–Kier alpha value is -3.21. The number of nitrogens with one attached hydrogen (secondary N) is 2. The Morgan fingerprint density at radius 2 is 1.90 bits per heavy atom. The molecule has 2 N–H and O–H groups in total. The zero-order chi connectivity index (χ0) is 28.6. The highest BCUT2D eigenvalue weighted by molar-refractivity contribution is 7.92. The lowest BCUT2D eigenvalue weighted by molar-refractivity contribution is -0.116. The van der Waals surface area contributed by atoms with Crippen molar-refractivity contribution < 1.29 is 27.1 Å². The lowest BCUT2D eigenvalue weighted by atomic mass is 9.86. The van der Waals surface area contributed by atoms with Gasteiger partial charge >= 0.3 is 0 Å². The van der Waals surface area contributed by atoms with Gasteiger partial charge in [0.2, 0.25) is 15.9 Å². The average molecular weight is 560 g/mol. The van der Waals surface area contributed by atoms with Crippen LogP contribution in [0.1, 0.15) is 43.0 Å². The number of carbonyl (C=O) groups is 1. The van der Waals surface area contributed by atoms with Crippen molar-refractivity contribution in [1.82, 2.24) is 10.2 Å². The van der Waals surface area contributed by atoms with Gasteiger partial charge in [-0.05, 0) is 40.8 Å². The second-order valence-corrected chi connectivity index (χ2v) is 12.2. The maximum Gasteiger partial charge on any atom is 0.244 e. The van der Waals surface area contributed by atoms with E-state index in [4.69, 9.17) is 9.47 Å². The van der Waals surface area contributed by atoms with Gasteiger partial charge in [-0.3, -0.25) is 14.4 Å². The number of benzene rings is 2.